The van der Waals surface area contributed by atoms with Gasteiger partial charge in [0.25, 0.3) is 5.56 Å². The molecule has 0 fully saturated rings. The zero-order valence-corrected chi connectivity index (χ0v) is 13.9. The first-order valence-electron chi connectivity index (χ1n) is 7.56. The lowest BCUT2D eigenvalue weighted by Crippen LogP contribution is -2.23. The van der Waals surface area contributed by atoms with E-state index in [9.17, 15) is 9.90 Å². The average Bonchev–Trinajstić information content (AvgIpc) is 3.11. The lowest BCUT2D eigenvalue weighted by Gasteiger charge is -2.13. The van der Waals surface area contributed by atoms with Gasteiger partial charge in [0.15, 0.2) is 0 Å². The van der Waals surface area contributed by atoms with Crippen LogP contribution in [0.25, 0.3) is 10.2 Å². The van der Waals surface area contributed by atoms with Gasteiger partial charge in [0, 0.05) is 9.90 Å². The molecule has 1 unspecified atom stereocenters. The minimum Gasteiger partial charge on any atom is -0.387 e. The second kappa shape index (κ2) is 5.74. The Hall–Kier alpha value is -1.69. The molecule has 0 saturated carbocycles. The lowest BCUT2D eigenvalue weighted by atomic mass is 10.1. The molecule has 0 radical (unpaired) electrons. The summed E-state index contributed by atoms with van der Waals surface area (Å²) in [6, 6.07) is 7.00. The van der Waals surface area contributed by atoms with Gasteiger partial charge in [-0.05, 0) is 42.5 Å². The molecule has 3 aromatic rings. The van der Waals surface area contributed by atoms with Gasteiger partial charge in [-0.1, -0.05) is 23.7 Å². The molecule has 4 nitrogen and oxygen atoms in total. The summed E-state index contributed by atoms with van der Waals surface area (Å²) in [5, 5.41) is 11.7. The summed E-state index contributed by atoms with van der Waals surface area (Å²) in [5.74, 6) is 0. The third-order valence-corrected chi connectivity index (χ3v) is 5.77. The van der Waals surface area contributed by atoms with Crippen molar-refractivity contribution in [1.29, 1.82) is 0 Å². The Morgan fingerprint density at radius 1 is 1.30 bits per heavy atom. The first-order chi connectivity index (χ1) is 11.1. The normalized spacial score (nSPS) is 15.0. The molecule has 0 spiro atoms. The van der Waals surface area contributed by atoms with Crippen LogP contribution < -0.4 is 5.56 Å². The zero-order valence-electron chi connectivity index (χ0n) is 12.3. The summed E-state index contributed by atoms with van der Waals surface area (Å²) in [7, 11) is 0. The average molecular weight is 347 g/mol. The number of aliphatic hydroxyl groups is 1. The van der Waals surface area contributed by atoms with Crippen LogP contribution in [-0.4, -0.2) is 14.7 Å². The molecule has 0 bridgehead atoms. The van der Waals surface area contributed by atoms with E-state index < -0.39 is 6.10 Å². The van der Waals surface area contributed by atoms with Crippen molar-refractivity contribution in [1.82, 2.24) is 9.55 Å². The van der Waals surface area contributed by atoms with E-state index in [-0.39, 0.29) is 12.1 Å². The van der Waals surface area contributed by atoms with E-state index >= 15 is 0 Å². The number of hydrogen-bond acceptors (Lipinski definition) is 4. The molecule has 1 aliphatic rings. The van der Waals surface area contributed by atoms with Crippen LogP contribution >= 0.6 is 22.9 Å². The quantitative estimate of drug-likeness (QED) is 0.791. The molecular weight excluding hydrogens is 332 g/mol. The van der Waals surface area contributed by atoms with Crippen molar-refractivity contribution in [3.05, 3.63) is 62.0 Å². The van der Waals surface area contributed by atoms with E-state index in [0.29, 0.717) is 5.02 Å². The second-order valence-electron chi connectivity index (χ2n) is 5.81. The summed E-state index contributed by atoms with van der Waals surface area (Å²) in [4.78, 5) is 19.3. The maximum Gasteiger partial charge on any atom is 0.262 e. The highest BCUT2D eigenvalue weighted by Crippen LogP contribution is 2.34. The summed E-state index contributed by atoms with van der Waals surface area (Å²) in [5.41, 5.74) is 1.84. The molecule has 4 rings (SSSR count). The van der Waals surface area contributed by atoms with E-state index in [1.807, 2.05) is 0 Å². The number of aliphatic hydroxyl groups excluding tert-OH is 1. The minimum atomic E-state index is -0.768. The van der Waals surface area contributed by atoms with Gasteiger partial charge in [0.05, 0.1) is 24.4 Å². The Morgan fingerprint density at radius 2 is 2.09 bits per heavy atom. The summed E-state index contributed by atoms with van der Waals surface area (Å²) in [6.45, 7) is 0.189. The van der Waals surface area contributed by atoms with Crippen LogP contribution in [0.5, 0.6) is 0 Å². The van der Waals surface area contributed by atoms with Gasteiger partial charge in [-0.25, -0.2) is 4.98 Å². The number of nitrogens with zero attached hydrogens (tertiary/aromatic N) is 2. The number of aryl methyl sites for hydroxylation is 2. The first-order valence-corrected chi connectivity index (χ1v) is 8.76. The highest BCUT2D eigenvalue weighted by atomic mass is 35.5. The molecule has 0 amide bonds. The molecule has 0 saturated heterocycles. The number of fused-ring (bicyclic) bond motifs is 3. The molecule has 23 heavy (non-hydrogen) atoms. The predicted octanol–water partition coefficient (Wildman–Crippen LogP) is 3.33. The highest BCUT2D eigenvalue weighted by Gasteiger charge is 2.21. The number of hydrogen-bond donors (Lipinski definition) is 1. The first kappa shape index (κ1) is 14.9. The van der Waals surface area contributed by atoms with Gasteiger partial charge >= 0.3 is 0 Å². The molecule has 118 valence electrons. The van der Waals surface area contributed by atoms with E-state index in [1.54, 1.807) is 35.6 Å². The number of halogens is 1. The summed E-state index contributed by atoms with van der Waals surface area (Å²) >= 11 is 7.49. The van der Waals surface area contributed by atoms with Crippen LogP contribution in [0.4, 0.5) is 0 Å². The molecule has 1 aliphatic carbocycles. The number of benzene rings is 1. The van der Waals surface area contributed by atoms with Gasteiger partial charge in [-0.3, -0.25) is 9.36 Å². The Balaban J connectivity index is 1.70. The van der Waals surface area contributed by atoms with E-state index in [0.717, 1.165) is 40.6 Å². The van der Waals surface area contributed by atoms with E-state index in [2.05, 4.69) is 4.98 Å². The van der Waals surface area contributed by atoms with Gasteiger partial charge in [0.1, 0.15) is 4.83 Å². The SMILES string of the molecule is O=c1c2c3c(sc2ncn1CC(O)c1ccc(Cl)cc1)CCC3. The Bertz CT molecular complexity index is 930. The number of thiophene rings is 1. The van der Waals surface area contributed by atoms with Crippen molar-refractivity contribution in [3.8, 4) is 0 Å². The van der Waals surface area contributed by atoms with Crippen LogP contribution in [0.2, 0.25) is 5.02 Å². The topological polar surface area (TPSA) is 55.1 Å². The zero-order chi connectivity index (χ0) is 16.0. The number of rotatable bonds is 3. The molecule has 2 aromatic heterocycles. The maximum atomic E-state index is 12.8. The van der Waals surface area contributed by atoms with Crippen molar-refractivity contribution in [2.75, 3.05) is 0 Å². The van der Waals surface area contributed by atoms with Gasteiger partial charge in [-0.15, -0.1) is 11.3 Å². The van der Waals surface area contributed by atoms with Crippen molar-refractivity contribution in [2.24, 2.45) is 0 Å². The van der Waals surface area contributed by atoms with Gasteiger partial charge < -0.3 is 5.11 Å². The Kier molecular flexibility index (Phi) is 3.71. The molecule has 0 aliphatic heterocycles. The molecule has 1 aromatic carbocycles. The van der Waals surface area contributed by atoms with E-state index in [4.69, 9.17) is 11.6 Å². The fourth-order valence-electron chi connectivity index (χ4n) is 3.13. The van der Waals surface area contributed by atoms with Crippen LogP contribution in [0.15, 0.2) is 35.4 Å². The van der Waals surface area contributed by atoms with Crippen LogP contribution in [-0.2, 0) is 19.4 Å². The standard InChI is InChI=1S/C17H15ClN2O2S/c18-11-6-4-10(5-7-11)13(21)8-20-9-19-16-15(17(20)22)12-2-1-3-14(12)23-16/h4-7,9,13,21H,1-3,8H2. The number of aromatic nitrogens is 2. The predicted molar refractivity (Wildman–Crippen MR) is 92.3 cm³/mol. The second-order valence-corrected chi connectivity index (χ2v) is 7.33. The lowest BCUT2D eigenvalue weighted by molar-refractivity contribution is 0.155. The van der Waals surface area contributed by atoms with Crippen molar-refractivity contribution in [2.45, 2.75) is 31.9 Å². The Labute approximate surface area is 142 Å². The van der Waals surface area contributed by atoms with Crippen LogP contribution in [0.1, 0.15) is 28.5 Å². The fraction of sp³-hybridized carbons (Fsp3) is 0.294. The highest BCUT2D eigenvalue weighted by molar-refractivity contribution is 7.18. The molecule has 1 atom stereocenters. The third-order valence-electron chi connectivity index (χ3n) is 4.32. The largest absolute Gasteiger partial charge is 0.387 e. The fourth-order valence-corrected chi connectivity index (χ4v) is 4.47. The minimum absolute atomic E-state index is 0.0533. The van der Waals surface area contributed by atoms with Gasteiger partial charge in [0.2, 0.25) is 0 Å². The monoisotopic (exact) mass is 346 g/mol. The maximum absolute atomic E-state index is 12.8. The Morgan fingerprint density at radius 3 is 2.87 bits per heavy atom. The van der Waals surface area contributed by atoms with Crippen molar-refractivity contribution in [3.63, 3.8) is 0 Å². The van der Waals surface area contributed by atoms with E-state index in [1.165, 1.54) is 15.8 Å². The summed E-state index contributed by atoms with van der Waals surface area (Å²) in [6.07, 6.45) is 3.88. The molecule has 6 heteroatoms. The van der Waals surface area contributed by atoms with Crippen molar-refractivity contribution < 1.29 is 5.11 Å². The van der Waals surface area contributed by atoms with Crippen molar-refractivity contribution >= 4 is 33.2 Å². The molecule has 2 heterocycles. The molecular formula is C17H15ClN2O2S. The summed E-state index contributed by atoms with van der Waals surface area (Å²) < 4.78 is 1.51. The van der Waals surface area contributed by atoms with Gasteiger partial charge in [-0.2, -0.15) is 0 Å². The van der Waals surface area contributed by atoms with Crippen LogP contribution in [0, 0.1) is 0 Å². The molecule has 1 N–H and O–H groups in total. The third kappa shape index (κ3) is 2.59. The smallest absolute Gasteiger partial charge is 0.262 e. The van der Waals surface area contributed by atoms with Crippen LogP contribution in [0.3, 0.4) is 0 Å².